The SMILES string of the molecule is CC(C)C(NC(=O)OC(C)(C)C)(Oc1ccc(N2CCN(c3ccncc3)CC2)cc1)C(=O)O. The monoisotopic (exact) mass is 470 g/mol. The Hall–Kier alpha value is -3.49. The number of rotatable bonds is 7. The van der Waals surface area contributed by atoms with Crippen LogP contribution in [-0.4, -0.2) is 59.7 Å². The van der Waals surface area contributed by atoms with Gasteiger partial charge in [0.05, 0.1) is 0 Å². The number of hydrogen-bond donors (Lipinski definition) is 2. The summed E-state index contributed by atoms with van der Waals surface area (Å²) in [6, 6.07) is 11.3. The first-order chi connectivity index (χ1) is 16.0. The molecule has 9 heteroatoms. The van der Waals surface area contributed by atoms with E-state index in [-0.39, 0.29) is 0 Å². The van der Waals surface area contributed by atoms with E-state index >= 15 is 0 Å². The van der Waals surface area contributed by atoms with Gasteiger partial charge < -0.3 is 24.4 Å². The molecule has 0 bridgehead atoms. The molecule has 2 aromatic rings. The zero-order chi connectivity index (χ0) is 24.9. The van der Waals surface area contributed by atoms with Gasteiger partial charge in [-0.15, -0.1) is 0 Å². The predicted molar refractivity (Wildman–Crippen MR) is 130 cm³/mol. The Morgan fingerprint density at radius 1 is 0.941 bits per heavy atom. The van der Waals surface area contributed by atoms with Crippen LogP contribution in [-0.2, 0) is 9.53 Å². The Morgan fingerprint density at radius 3 is 1.88 bits per heavy atom. The van der Waals surface area contributed by atoms with Crippen LogP contribution in [0.1, 0.15) is 34.6 Å². The first-order valence-corrected chi connectivity index (χ1v) is 11.4. The summed E-state index contributed by atoms with van der Waals surface area (Å²) < 4.78 is 11.1. The average Bonchev–Trinajstić information content (AvgIpc) is 2.78. The lowest BCUT2D eigenvalue weighted by molar-refractivity contribution is -0.163. The van der Waals surface area contributed by atoms with E-state index in [0.717, 1.165) is 37.6 Å². The number of carboxylic acids is 1. The summed E-state index contributed by atoms with van der Waals surface area (Å²) in [6.45, 7) is 11.9. The third kappa shape index (κ3) is 6.09. The molecule has 1 fully saturated rings. The van der Waals surface area contributed by atoms with Gasteiger partial charge in [-0.2, -0.15) is 0 Å². The number of ether oxygens (including phenoxy) is 2. The molecule has 2 N–H and O–H groups in total. The van der Waals surface area contributed by atoms with Gasteiger partial charge in [-0.1, -0.05) is 13.8 Å². The second kappa shape index (κ2) is 10.2. The van der Waals surface area contributed by atoms with Gasteiger partial charge in [0.2, 0.25) is 0 Å². The zero-order valence-electron chi connectivity index (χ0n) is 20.4. The summed E-state index contributed by atoms with van der Waals surface area (Å²) >= 11 is 0. The number of carbonyl (C=O) groups is 2. The molecule has 0 radical (unpaired) electrons. The summed E-state index contributed by atoms with van der Waals surface area (Å²) in [5, 5.41) is 12.4. The molecule has 9 nitrogen and oxygen atoms in total. The molecule has 1 saturated heterocycles. The second-order valence-electron chi connectivity index (χ2n) is 9.60. The number of amides is 1. The first-order valence-electron chi connectivity index (χ1n) is 11.4. The Morgan fingerprint density at radius 2 is 1.44 bits per heavy atom. The van der Waals surface area contributed by atoms with Gasteiger partial charge >= 0.3 is 12.1 Å². The number of nitrogens with one attached hydrogen (secondary N) is 1. The van der Waals surface area contributed by atoms with E-state index in [1.54, 1.807) is 59.1 Å². The largest absolute Gasteiger partial charge is 0.477 e. The third-order valence-electron chi connectivity index (χ3n) is 5.61. The molecule has 1 aliphatic rings. The molecule has 1 atom stereocenters. The van der Waals surface area contributed by atoms with Crippen LogP contribution in [0.25, 0.3) is 0 Å². The maximum atomic E-state index is 12.4. The van der Waals surface area contributed by atoms with Crippen LogP contribution < -0.4 is 19.9 Å². The maximum Gasteiger partial charge on any atom is 0.411 e. The summed E-state index contributed by atoms with van der Waals surface area (Å²) in [6.07, 6.45) is 2.74. The Labute approximate surface area is 200 Å². The molecule has 1 unspecified atom stereocenters. The molecule has 3 rings (SSSR count). The highest BCUT2D eigenvalue weighted by Crippen LogP contribution is 2.28. The lowest BCUT2D eigenvalue weighted by Gasteiger charge is -2.37. The molecule has 1 amide bonds. The standard InChI is InChI=1S/C25H34N4O5/c1-18(2)25(22(30)31,27-23(32)34-24(3,4)5)33-21-8-6-19(7-9-21)28-14-16-29(17-15-28)20-10-12-26-13-11-20/h6-13,18H,14-17H2,1-5H3,(H,27,32)(H,30,31). The van der Waals surface area contributed by atoms with Crippen LogP contribution in [0.5, 0.6) is 5.75 Å². The molecule has 1 aliphatic heterocycles. The van der Waals surface area contributed by atoms with Gasteiger partial charge in [-0.25, -0.2) is 9.59 Å². The van der Waals surface area contributed by atoms with E-state index in [4.69, 9.17) is 9.47 Å². The smallest absolute Gasteiger partial charge is 0.411 e. The van der Waals surface area contributed by atoms with Crippen molar-refractivity contribution in [2.75, 3.05) is 36.0 Å². The van der Waals surface area contributed by atoms with E-state index in [2.05, 4.69) is 20.1 Å². The minimum absolute atomic E-state index is 0.339. The topological polar surface area (TPSA) is 104 Å². The molecule has 184 valence electrons. The zero-order valence-corrected chi connectivity index (χ0v) is 20.4. The molecule has 0 spiro atoms. The number of nitrogens with zero attached hydrogens (tertiary/aromatic N) is 3. The minimum atomic E-state index is -1.97. The summed E-state index contributed by atoms with van der Waals surface area (Å²) in [7, 11) is 0. The number of anilines is 2. The van der Waals surface area contributed by atoms with Crippen LogP contribution in [0.4, 0.5) is 16.2 Å². The van der Waals surface area contributed by atoms with Crippen molar-refractivity contribution < 1.29 is 24.2 Å². The van der Waals surface area contributed by atoms with E-state index in [1.807, 2.05) is 24.3 Å². The minimum Gasteiger partial charge on any atom is -0.477 e. The number of hydrogen-bond acceptors (Lipinski definition) is 7. The van der Waals surface area contributed by atoms with E-state index < -0.39 is 29.3 Å². The molecule has 0 aliphatic carbocycles. The van der Waals surface area contributed by atoms with Crippen LogP contribution in [0, 0.1) is 5.92 Å². The highest BCUT2D eigenvalue weighted by Gasteiger charge is 2.47. The van der Waals surface area contributed by atoms with Gasteiger partial charge in [-0.05, 0) is 57.2 Å². The average molecular weight is 471 g/mol. The highest BCUT2D eigenvalue weighted by molar-refractivity contribution is 5.83. The van der Waals surface area contributed by atoms with Crippen LogP contribution in [0.3, 0.4) is 0 Å². The van der Waals surface area contributed by atoms with Crippen molar-refractivity contribution in [3.8, 4) is 5.75 Å². The summed E-state index contributed by atoms with van der Waals surface area (Å²) in [5.74, 6) is -1.53. The van der Waals surface area contributed by atoms with Crippen LogP contribution in [0.15, 0.2) is 48.8 Å². The Kier molecular flexibility index (Phi) is 7.54. The molecule has 0 saturated carbocycles. The fourth-order valence-corrected chi connectivity index (χ4v) is 3.78. The van der Waals surface area contributed by atoms with Crippen molar-refractivity contribution in [1.29, 1.82) is 0 Å². The summed E-state index contributed by atoms with van der Waals surface area (Å²) in [4.78, 5) is 33.3. The highest BCUT2D eigenvalue weighted by atomic mass is 16.6. The number of aromatic nitrogens is 1. The second-order valence-corrected chi connectivity index (χ2v) is 9.60. The third-order valence-corrected chi connectivity index (χ3v) is 5.61. The predicted octanol–water partition coefficient (Wildman–Crippen LogP) is 3.75. The van der Waals surface area contributed by atoms with Gasteiger partial charge in [0.15, 0.2) is 0 Å². The molecule has 1 aromatic carbocycles. The van der Waals surface area contributed by atoms with Crippen molar-refractivity contribution in [2.45, 2.75) is 45.9 Å². The van der Waals surface area contributed by atoms with Crippen molar-refractivity contribution >= 4 is 23.4 Å². The van der Waals surface area contributed by atoms with Crippen molar-refractivity contribution in [3.05, 3.63) is 48.8 Å². The first kappa shape index (κ1) is 25.1. The van der Waals surface area contributed by atoms with Crippen molar-refractivity contribution in [1.82, 2.24) is 10.3 Å². The maximum absolute atomic E-state index is 12.4. The number of pyridine rings is 1. The number of piperazine rings is 1. The number of alkyl carbamates (subject to hydrolysis) is 1. The number of aliphatic carboxylic acids is 1. The fraction of sp³-hybridized carbons (Fsp3) is 0.480. The van der Waals surface area contributed by atoms with E-state index in [9.17, 15) is 14.7 Å². The Balaban J connectivity index is 1.68. The lowest BCUT2D eigenvalue weighted by atomic mass is 9.99. The van der Waals surface area contributed by atoms with Crippen molar-refractivity contribution in [2.24, 2.45) is 5.92 Å². The lowest BCUT2D eigenvalue weighted by Crippen LogP contribution is -2.62. The molecule has 2 heterocycles. The van der Waals surface area contributed by atoms with Crippen LogP contribution in [0.2, 0.25) is 0 Å². The van der Waals surface area contributed by atoms with Gasteiger partial charge in [0.25, 0.3) is 5.72 Å². The van der Waals surface area contributed by atoms with Gasteiger partial charge in [0, 0.05) is 55.9 Å². The van der Waals surface area contributed by atoms with Gasteiger partial charge in [-0.3, -0.25) is 10.3 Å². The number of carbonyl (C=O) groups excluding carboxylic acids is 1. The number of benzene rings is 1. The normalized spacial score (nSPS) is 16.1. The number of carboxylic acid groups (broad SMARTS) is 1. The van der Waals surface area contributed by atoms with Crippen LogP contribution >= 0.6 is 0 Å². The summed E-state index contributed by atoms with van der Waals surface area (Å²) in [5.41, 5.74) is -0.559. The quantitative estimate of drug-likeness (QED) is 0.590. The van der Waals surface area contributed by atoms with Crippen molar-refractivity contribution in [3.63, 3.8) is 0 Å². The fourth-order valence-electron chi connectivity index (χ4n) is 3.78. The molecular formula is C25H34N4O5. The molecular weight excluding hydrogens is 436 g/mol. The van der Waals surface area contributed by atoms with E-state index in [0.29, 0.717) is 5.75 Å². The molecule has 1 aromatic heterocycles. The van der Waals surface area contributed by atoms with Gasteiger partial charge in [0.1, 0.15) is 11.4 Å². The van der Waals surface area contributed by atoms with E-state index in [1.165, 1.54) is 0 Å². The molecule has 34 heavy (non-hydrogen) atoms. The Bertz CT molecular complexity index is 967.